The number of nitrogen functional groups attached to an aromatic ring is 1. The molecule has 1 saturated heterocycles. The minimum absolute atomic E-state index is 0.0163. The second-order valence-corrected chi connectivity index (χ2v) is 8.15. The van der Waals surface area contributed by atoms with Crippen LogP contribution in [0.25, 0.3) is 11.3 Å². The van der Waals surface area contributed by atoms with E-state index in [9.17, 15) is 9.59 Å². The summed E-state index contributed by atoms with van der Waals surface area (Å²) in [6, 6.07) is 7.04. The molecule has 2 amide bonds. The number of aromatic nitrogens is 2. The highest BCUT2D eigenvalue weighted by Crippen LogP contribution is 2.21. The summed E-state index contributed by atoms with van der Waals surface area (Å²) in [7, 11) is 3.42. The van der Waals surface area contributed by atoms with Gasteiger partial charge in [0, 0.05) is 58.0 Å². The largest absolute Gasteiger partial charge is 0.383 e. The first-order chi connectivity index (χ1) is 17.3. The number of aliphatic imine (C=N–C) groups is 1. The zero-order valence-corrected chi connectivity index (χ0v) is 20.7. The van der Waals surface area contributed by atoms with Crippen molar-refractivity contribution in [1.29, 1.82) is 0 Å². The highest BCUT2D eigenvalue weighted by Gasteiger charge is 2.20. The van der Waals surface area contributed by atoms with Gasteiger partial charge in [0.25, 0.3) is 11.8 Å². The summed E-state index contributed by atoms with van der Waals surface area (Å²) in [5, 5.41) is 5.97. The van der Waals surface area contributed by atoms with Gasteiger partial charge in [-0.3, -0.25) is 14.6 Å². The van der Waals surface area contributed by atoms with Gasteiger partial charge in [0.05, 0.1) is 36.1 Å². The van der Waals surface area contributed by atoms with E-state index in [4.69, 9.17) is 10.5 Å². The third-order valence-electron chi connectivity index (χ3n) is 5.72. The van der Waals surface area contributed by atoms with Crippen LogP contribution in [0.2, 0.25) is 0 Å². The van der Waals surface area contributed by atoms with Crippen LogP contribution in [-0.4, -0.2) is 91.8 Å². The van der Waals surface area contributed by atoms with E-state index in [0.29, 0.717) is 54.5 Å². The topological polar surface area (TPSA) is 138 Å². The van der Waals surface area contributed by atoms with Gasteiger partial charge in [-0.15, -0.1) is 0 Å². The second-order valence-electron chi connectivity index (χ2n) is 8.15. The van der Waals surface area contributed by atoms with Crippen molar-refractivity contribution in [3.05, 3.63) is 65.9 Å². The van der Waals surface area contributed by atoms with Crippen LogP contribution in [0.3, 0.4) is 0 Å². The number of carbonyl (C=O) groups excluding carboxylic acids is 2. The van der Waals surface area contributed by atoms with Gasteiger partial charge in [-0.1, -0.05) is 18.7 Å². The van der Waals surface area contributed by atoms with Crippen LogP contribution in [0.1, 0.15) is 20.8 Å². The molecule has 1 aliphatic heterocycles. The molecular formula is C25H32N8O3. The fourth-order valence-electron chi connectivity index (χ4n) is 3.56. The Morgan fingerprint density at radius 3 is 2.64 bits per heavy atom. The third kappa shape index (κ3) is 6.52. The molecule has 11 nitrogen and oxygen atoms in total. The van der Waals surface area contributed by atoms with Crippen LogP contribution in [0.15, 0.2) is 59.6 Å². The average Bonchev–Trinajstić information content (AvgIpc) is 2.91. The van der Waals surface area contributed by atoms with Gasteiger partial charge >= 0.3 is 0 Å². The molecule has 0 bridgehead atoms. The molecule has 0 atom stereocenters. The molecule has 2 heterocycles. The maximum absolute atomic E-state index is 13.1. The van der Waals surface area contributed by atoms with Crippen LogP contribution in [0.4, 0.5) is 5.82 Å². The molecule has 190 valence electrons. The zero-order chi connectivity index (χ0) is 26.1. The van der Waals surface area contributed by atoms with Gasteiger partial charge < -0.3 is 30.9 Å². The van der Waals surface area contributed by atoms with E-state index in [1.807, 2.05) is 16.8 Å². The lowest BCUT2D eigenvalue weighted by Gasteiger charge is -2.27. The van der Waals surface area contributed by atoms with Crippen molar-refractivity contribution in [1.82, 2.24) is 30.4 Å². The molecule has 11 heteroatoms. The average molecular weight is 493 g/mol. The van der Waals surface area contributed by atoms with E-state index in [-0.39, 0.29) is 17.4 Å². The van der Waals surface area contributed by atoms with Crippen molar-refractivity contribution in [2.24, 2.45) is 4.99 Å². The Balaban J connectivity index is 1.77. The number of hydrogen-bond acceptors (Lipinski definition) is 9. The molecule has 1 aromatic heterocycles. The number of piperazine rings is 1. The predicted molar refractivity (Wildman–Crippen MR) is 139 cm³/mol. The molecule has 1 aliphatic rings. The zero-order valence-electron chi connectivity index (χ0n) is 20.7. The van der Waals surface area contributed by atoms with Crippen molar-refractivity contribution in [3.8, 4) is 11.3 Å². The molecule has 2 aromatic rings. The number of nitrogens with two attached hydrogens (primary N) is 1. The van der Waals surface area contributed by atoms with E-state index < -0.39 is 5.91 Å². The number of likely N-dealkylation sites (N-methyl/N-ethyl adjacent to an activating group) is 1. The molecule has 0 aliphatic carbocycles. The number of carbonyl (C=O) groups is 2. The smallest absolute Gasteiger partial charge is 0.278 e. The maximum atomic E-state index is 13.1. The molecule has 0 saturated carbocycles. The Morgan fingerprint density at radius 2 is 2.00 bits per heavy atom. The Morgan fingerprint density at radius 1 is 1.31 bits per heavy atom. The normalized spacial score (nSPS) is 13.7. The van der Waals surface area contributed by atoms with Crippen LogP contribution < -0.4 is 16.4 Å². The number of ether oxygens (including phenoxy) is 1. The minimum Gasteiger partial charge on any atom is -0.383 e. The summed E-state index contributed by atoms with van der Waals surface area (Å²) in [5.74, 6) is -0.605. The number of nitrogens with zero attached hydrogens (tertiary/aromatic N) is 5. The number of methoxy groups -OCH3 is 1. The van der Waals surface area contributed by atoms with E-state index in [2.05, 4.69) is 38.9 Å². The monoisotopic (exact) mass is 492 g/mol. The van der Waals surface area contributed by atoms with Gasteiger partial charge in [-0.25, -0.2) is 9.97 Å². The molecule has 0 radical (unpaired) electrons. The van der Waals surface area contributed by atoms with Crippen LogP contribution >= 0.6 is 0 Å². The van der Waals surface area contributed by atoms with Gasteiger partial charge in [-0.2, -0.15) is 0 Å². The number of rotatable bonds is 10. The quantitative estimate of drug-likeness (QED) is 0.332. The van der Waals surface area contributed by atoms with Gasteiger partial charge in [0.15, 0.2) is 11.5 Å². The Labute approximate surface area is 210 Å². The molecule has 4 N–H and O–H groups in total. The van der Waals surface area contributed by atoms with Crippen molar-refractivity contribution >= 4 is 24.3 Å². The van der Waals surface area contributed by atoms with Crippen LogP contribution in [0.5, 0.6) is 0 Å². The highest BCUT2D eigenvalue weighted by molar-refractivity contribution is 5.98. The Bertz CT molecular complexity index is 1140. The molecule has 0 unspecified atom stereocenters. The van der Waals surface area contributed by atoms with Crippen molar-refractivity contribution in [2.75, 3.05) is 59.2 Å². The molecule has 1 aromatic carbocycles. The summed E-state index contributed by atoms with van der Waals surface area (Å²) in [4.78, 5) is 41.8. The number of anilines is 1. The van der Waals surface area contributed by atoms with Crippen molar-refractivity contribution in [3.63, 3.8) is 0 Å². The first kappa shape index (κ1) is 26.5. The lowest BCUT2D eigenvalue weighted by atomic mass is 10.1. The Kier molecular flexibility index (Phi) is 9.25. The summed E-state index contributed by atoms with van der Waals surface area (Å²) in [6.45, 7) is 11.4. The first-order valence-electron chi connectivity index (χ1n) is 11.4. The summed E-state index contributed by atoms with van der Waals surface area (Å²) in [5.41, 5.74) is 8.51. The highest BCUT2D eigenvalue weighted by atomic mass is 16.5. The van der Waals surface area contributed by atoms with Gasteiger partial charge in [0.1, 0.15) is 0 Å². The Hall–Kier alpha value is -4.09. The molecular weight excluding hydrogens is 460 g/mol. The lowest BCUT2D eigenvalue weighted by molar-refractivity contribution is 0.0735. The minimum atomic E-state index is -0.566. The summed E-state index contributed by atoms with van der Waals surface area (Å²) < 4.78 is 5.09. The number of amides is 2. The fourth-order valence-corrected chi connectivity index (χ4v) is 3.56. The standard InChI is InChI=1S/C25H32N8O3/c1-17(32(3)13-14-36-4)20(15-27-2)31-24(34)22-23(26)29-16-21(30-22)18-5-7-19(8-6-18)25(35)33-11-9-28-10-12-33/h5-8,15-16,28H,1-2,9-14H2,3-4H3,(H2,26,29)(H,31,34)/b20-15+. The number of hydrogen-bond donors (Lipinski definition) is 3. The third-order valence-corrected chi connectivity index (χ3v) is 5.72. The maximum Gasteiger partial charge on any atom is 0.278 e. The van der Waals surface area contributed by atoms with Gasteiger partial charge in [-0.05, 0) is 18.9 Å². The van der Waals surface area contributed by atoms with Crippen LogP contribution in [0, 0.1) is 0 Å². The molecule has 0 spiro atoms. The summed E-state index contributed by atoms with van der Waals surface area (Å²) in [6.07, 6.45) is 2.88. The van der Waals surface area contributed by atoms with E-state index >= 15 is 0 Å². The van der Waals surface area contributed by atoms with Crippen molar-refractivity contribution in [2.45, 2.75) is 0 Å². The molecule has 1 fully saturated rings. The molecule has 3 rings (SSSR count). The lowest BCUT2D eigenvalue weighted by Crippen LogP contribution is -2.46. The van der Waals surface area contributed by atoms with E-state index in [1.54, 1.807) is 31.4 Å². The SMILES string of the molecule is C=N/C=C(/NC(=O)c1nc(-c2ccc(C(=O)N3CCNCC3)cc2)cnc1N)C(=C)N(C)CCOC. The number of benzene rings is 1. The predicted octanol–water partition coefficient (Wildman–Crippen LogP) is 1.13. The van der Waals surface area contributed by atoms with Crippen LogP contribution in [-0.2, 0) is 4.74 Å². The van der Waals surface area contributed by atoms with Gasteiger partial charge in [0.2, 0.25) is 0 Å². The molecule has 36 heavy (non-hydrogen) atoms. The fraction of sp³-hybridized carbons (Fsp3) is 0.320. The van der Waals surface area contributed by atoms with E-state index in [1.165, 1.54) is 12.4 Å². The first-order valence-corrected chi connectivity index (χ1v) is 11.4. The van der Waals surface area contributed by atoms with E-state index in [0.717, 1.165) is 13.1 Å². The number of nitrogens with one attached hydrogen (secondary N) is 2. The summed E-state index contributed by atoms with van der Waals surface area (Å²) >= 11 is 0. The van der Waals surface area contributed by atoms with Crippen molar-refractivity contribution < 1.29 is 14.3 Å². The second kappa shape index (κ2) is 12.6.